The topological polar surface area (TPSA) is 72.3 Å². The molecule has 4 nitrogen and oxygen atoms in total. The molecule has 0 radical (unpaired) electrons. The molecule has 3 atom stereocenters. The van der Waals surface area contributed by atoms with E-state index >= 15 is 0 Å². The molecule has 1 fully saturated rings. The van der Waals surface area contributed by atoms with Gasteiger partial charge in [-0.1, -0.05) is 18.6 Å². The summed E-state index contributed by atoms with van der Waals surface area (Å²) in [7, 11) is 0. The van der Waals surface area contributed by atoms with Crippen molar-refractivity contribution in [2.24, 2.45) is 11.5 Å². The highest BCUT2D eigenvalue weighted by molar-refractivity contribution is 5.80. The lowest BCUT2D eigenvalue weighted by Gasteiger charge is -2.41. The highest BCUT2D eigenvalue weighted by atomic mass is 19.1. The van der Waals surface area contributed by atoms with E-state index in [1.54, 1.807) is 12.1 Å². The molecule has 0 aromatic heterocycles. The van der Waals surface area contributed by atoms with Crippen LogP contribution >= 0.6 is 0 Å². The molecule has 1 amide bonds. The van der Waals surface area contributed by atoms with E-state index in [-0.39, 0.29) is 29.8 Å². The van der Waals surface area contributed by atoms with Crippen molar-refractivity contribution in [2.75, 3.05) is 6.54 Å². The summed E-state index contributed by atoms with van der Waals surface area (Å²) in [6.45, 7) is 2.69. The third kappa shape index (κ3) is 3.16. The summed E-state index contributed by atoms with van der Waals surface area (Å²) in [6.07, 6.45) is 2.78. The maximum Gasteiger partial charge on any atom is 0.234 e. The van der Waals surface area contributed by atoms with Gasteiger partial charge in [0.1, 0.15) is 5.82 Å². The van der Waals surface area contributed by atoms with Crippen LogP contribution in [0.1, 0.15) is 37.8 Å². The summed E-state index contributed by atoms with van der Waals surface area (Å²) < 4.78 is 13.1. The number of hydrogen-bond acceptors (Lipinski definition) is 3. The minimum atomic E-state index is -0.308. The second-order valence-electron chi connectivity index (χ2n) is 5.51. The summed E-state index contributed by atoms with van der Waals surface area (Å²) >= 11 is 0. The van der Waals surface area contributed by atoms with Crippen LogP contribution in [-0.4, -0.2) is 29.4 Å². The molecule has 2 rings (SSSR count). The van der Waals surface area contributed by atoms with Gasteiger partial charge in [0.15, 0.2) is 0 Å². The summed E-state index contributed by atoms with van der Waals surface area (Å²) in [6, 6.07) is 5.74. The van der Waals surface area contributed by atoms with Gasteiger partial charge in [-0.15, -0.1) is 0 Å². The second-order valence-corrected chi connectivity index (χ2v) is 5.51. The molecule has 3 unspecified atom stereocenters. The number of benzene rings is 1. The van der Waals surface area contributed by atoms with Crippen molar-refractivity contribution in [3.63, 3.8) is 0 Å². The summed E-state index contributed by atoms with van der Waals surface area (Å²) in [5.74, 6) is -0.584. The number of nitrogens with two attached hydrogens (primary N) is 2. The minimum Gasteiger partial charge on any atom is -0.368 e. The lowest BCUT2D eigenvalue weighted by atomic mass is 9.92. The number of rotatable bonds is 4. The Morgan fingerprint density at radius 2 is 2.00 bits per heavy atom. The summed E-state index contributed by atoms with van der Waals surface area (Å²) in [4.78, 5) is 13.7. The molecule has 0 aliphatic carbocycles. The number of hydrogen-bond donors (Lipinski definition) is 2. The summed E-state index contributed by atoms with van der Waals surface area (Å²) in [5.41, 5.74) is 12.6. The van der Waals surface area contributed by atoms with Crippen LogP contribution in [0.15, 0.2) is 24.3 Å². The van der Waals surface area contributed by atoms with E-state index in [1.807, 2.05) is 6.92 Å². The molecule has 4 N–H and O–H groups in total. The van der Waals surface area contributed by atoms with Crippen LogP contribution in [0, 0.1) is 5.82 Å². The molecule has 0 bridgehead atoms. The molecule has 1 aliphatic rings. The zero-order valence-corrected chi connectivity index (χ0v) is 11.8. The predicted octanol–water partition coefficient (Wildman–Crippen LogP) is 1.55. The van der Waals surface area contributed by atoms with Crippen LogP contribution in [0.3, 0.4) is 0 Å². The highest BCUT2D eigenvalue weighted by Crippen LogP contribution is 2.30. The van der Waals surface area contributed by atoms with Gasteiger partial charge in [-0.25, -0.2) is 4.39 Å². The van der Waals surface area contributed by atoms with Crippen molar-refractivity contribution < 1.29 is 9.18 Å². The molecule has 1 saturated heterocycles. The van der Waals surface area contributed by atoms with Gasteiger partial charge in [-0.2, -0.15) is 0 Å². The fourth-order valence-electron chi connectivity index (χ4n) is 3.05. The van der Waals surface area contributed by atoms with E-state index in [1.165, 1.54) is 12.1 Å². The molecule has 1 aromatic rings. The fourth-order valence-corrected chi connectivity index (χ4v) is 3.05. The normalized spacial score (nSPS) is 23.2. The Balaban J connectivity index is 2.31. The molecule has 110 valence electrons. The summed E-state index contributed by atoms with van der Waals surface area (Å²) in [5, 5.41) is 0. The first-order chi connectivity index (χ1) is 9.50. The van der Waals surface area contributed by atoms with Gasteiger partial charge in [0.05, 0.1) is 12.1 Å². The van der Waals surface area contributed by atoms with E-state index in [9.17, 15) is 9.18 Å². The van der Waals surface area contributed by atoms with Gasteiger partial charge >= 0.3 is 0 Å². The zero-order chi connectivity index (χ0) is 14.7. The molecular weight excluding hydrogens is 257 g/mol. The number of piperidine rings is 1. The number of halogens is 1. The fraction of sp³-hybridized carbons (Fsp3) is 0.533. The van der Waals surface area contributed by atoms with E-state index < -0.39 is 0 Å². The molecule has 1 aromatic carbocycles. The lowest BCUT2D eigenvalue weighted by Crippen LogP contribution is -2.52. The molecule has 1 heterocycles. The first-order valence-electron chi connectivity index (χ1n) is 7.07. The number of carbonyl (C=O) groups is 1. The molecule has 0 spiro atoms. The van der Waals surface area contributed by atoms with Gasteiger partial charge in [0, 0.05) is 6.04 Å². The van der Waals surface area contributed by atoms with Crippen LogP contribution < -0.4 is 11.5 Å². The van der Waals surface area contributed by atoms with E-state index in [0.29, 0.717) is 0 Å². The number of primary amides is 1. The second kappa shape index (κ2) is 6.33. The first kappa shape index (κ1) is 14.9. The molecule has 5 heteroatoms. The van der Waals surface area contributed by atoms with Crippen LogP contribution in [0.5, 0.6) is 0 Å². The van der Waals surface area contributed by atoms with Crippen molar-refractivity contribution in [3.05, 3.63) is 35.6 Å². The van der Waals surface area contributed by atoms with Crippen molar-refractivity contribution >= 4 is 5.91 Å². The highest BCUT2D eigenvalue weighted by Gasteiger charge is 2.34. The zero-order valence-electron chi connectivity index (χ0n) is 11.8. The molecular formula is C15H22FN3O. The Bertz CT molecular complexity index is 461. The van der Waals surface area contributed by atoms with Gasteiger partial charge < -0.3 is 11.5 Å². The maximum absolute atomic E-state index is 13.1. The van der Waals surface area contributed by atoms with Gasteiger partial charge in [0.25, 0.3) is 0 Å². The number of likely N-dealkylation sites (tertiary alicyclic amines) is 1. The van der Waals surface area contributed by atoms with Crippen LogP contribution in [0.2, 0.25) is 0 Å². The van der Waals surface area contributed by atoms with Crippen LogP contribution in [-0.2, 0) is 4.79 Å². The van der Waals surface area contributed by atoms with Crippen molar-refractivity contribution in [2.45, 2.75) is 44.3 Å². The average Bonchev–Trinajstić information content (AvgIpc) is 2.41. The van der Waals surface area contributed by atoms with Gasteiger partial charge in [-0.05, 0) is 44.0 Å². The van der Waals surface area contributed by atoms with E-state index in [4.69, 9.17) is 11.5 Å². The monoisotopic (exact) mass is 279 g/mol. The molecule has 20 heavy (non-hydrogen) atoms. The lowest BCUT2D eigenvalue weighted by molar-refractivity contribution is -0.125. The van der Waals surface area contributed by atoms with Crippen molar-refractivity contribution in [1.29, 1.82) is 0 Å². The number of amides is 1. The smallest absolute Gasteiger partial charge is 0.234 e. The Morgan fingerprint density at radius 3 is 2.55 bits per heavy atom. The third-order valence-corrected chi connectivity index (χ3v) is 3.94. The van der Waals surface area contributed by atoms with E-state index in [2.05, 4.69) is 4.90 Å². The Morgan fingerprint density at radius 1 is 1.35 bits per heavy atom. The Labute approximate surface area is 118 Å². The number of nitrogens with zero attached hydrogens (tertiary/aromatic N) is 1. The molecule has 0 saturated carbocycles. The average molecular weight is 279 g/mol. The van der Waals surface area contributed by atoms with E-state index in [0.717, 1.165) is 31.4 Å². The maximum atomic E-state index is 13.1. The van der Waals surface area contributed by atoms with Crippen LogP contribution in [0.4, 0.5) is 4.39 Å². The van der Waals surface area contributed by atoms with Crippen molar-refractivity contribution in [1.82, 2.24) is 4.90 Å². The Hall–Kier alpha value is -1.46. The quantitative estimate of drug-likeness (QED) is 0.878. The molecule has 1 aliphatic heterocycles. The Kier molecular flexibility index (Phi) is 4.73. The minimum absolute atomic E-state index is 0.117. The standard InChI is InChI=1S/C15H22FN3O/c1-10(17)14(11-5-7-12(16)8-6-11)19-9-3-2-4-13(19)15(18)20/h5-8,10,13-14H,2-4,9,17H2,1H3,(H2,18,20). The van der Waals surface area contributed by atoms with Crippen molar-refractivity contribution in [3.8, 4) is 0 Å². The third-order valence-electron chi connectivity index (χ3n) is 3.94. The largest absolute Gasteiger partial charge is 0.368 e. The predicted molar refractivity (Wildman–Crippen MR) is 76.3 cm³/mol. The first-order valence-corrected chi connectivity index (χ1v) is 7.07. The van der Waals surface area contributed by atoms with Gasteiger partial charge in [0.2, 0.25) is 5.91 Å². The van der Waals surface area contributed by atoms with Crippen LogP contribution in [0.25, 0.3) is 0 Å². The van der Waals surface area contributed by atoms with Gasteiger partial charge in [-0.3, -0.25) is 9.69 Å². The number of carbonyl (C=O) groups excluding carboxylic acids is 1. The SMILES string of the molecule is CC(N)C(c1ccc(F)cc1)N1CCCCC1C(N)=O.